The predicted molar refractivity (Wildman–Crippen MR) is 180 cm³/mol. The molecule has 7 N–H and O–H groups in total. The minimum Gasteiger partial charge on any atom is -0.504 e. The number of thiophene rings is 1. The van der Waals surface area contributed by atoms with Crippen LogP contribution in [0.2, 0.25) is 0 Å². The summed E-state index contributed by atoms with van der Waals surface area (Å²) in [5.74, 6) is -6.07. The molecule has 0 bridgehead atoms. The summed E-state index contributed by atoms with van der Waals surface area (Å²) in [6.07, 6.45) is 5.97. The first-order chi connectivity index (χ1) is 24.0. The van der Waals surface area contributed by atoms with Crippen LogP contribution in [0.25, 0.3) is 10.2 Å². The first-order valence-electron chi connectivity index (χ1n) is 14.3. The molecule has 1 fully saturated rings. The Hall–Kier alpha value is -5.97. The number of rotatable bonds is 11. The molecule has 0 radical (unpaired) electrons. The number of carboxylic acid groups (broad SMARTS) is 2. The summed E-state index contributed by atoms with van der Waals surface area (Å²) in [7, 11) is 0. The van der Waals surface area contributed by atoms with E-state index < -0.39 is 57.8 Å². The first kappa shape index (κ1) is 33.9. The van der Waals surface area contributed by atoms with Gasteiger partial charge < -0.3 is 36.3 Å². The zero-order chi connectivity index (χ0) is 35.7. The molecule has 2 aliphatic rings. The summed E-state index contributed by atoms with van der Waals surface area (Å²) >= 11 is 3.69. The fourth-order valence-corrected chi connectivity index (χ4v) is 8.24. The Morgan fingerprint density at radius 2 is 2.06 bits per heavy atom. The molecular formula is C31H24N7O9S3+. The van der Waals surface area contributed by atoms with E-state index in [1.165, 1.54) is 17.1 Å². The molecule has 6 rings (SSSR count). The van der Waals surface area contributed by atoms with Crippen LogP contribution < -0.4 is 15.6 Å². The second-order valence-corrected chi connectivity index (χ2v) is 13.6. The van der Waals surface area contributed by atoms with Gasteiger partial charge in [-0.25, -0.2) is 14.6 Å². The van der Waals surface area contributed by atoms with Gasteiger partial charge in [0, 0.05) is 22.8 Å². The number of carbonyl (C=O) groups excluding carboxylic acids is 2. The number of phenols is 2. The third kappa shape index (κ3) is 5.95. The standard InChI is InChI=1S/C31H23N7O9S3/c32-11-17-9-18(10-19(39)24(17)41)31(29(45)46,20-14-50-30(33)35-20)47-34-12-21(40)36-22-25(42)38-23(28(43)44)16(13-49-27(22)38)4-2-7-37-6-1-3-15-5-8-48-26(15)37/h1-6,8-10,12,14,22,27H,7,13H2,(H6-,33,34,35,36,39,40,41,43,44,45,46)/p+1. The molecule has 4 aromatic rings. The Bertz CT molecular complexity index is 2210. The Balaban J connectivity index is 1.18. The van der Waals surface area contributed by atoms with Crippen LogP contribution in [0.3, 0.4) is 0 Å². The Morgan fingerprint density at radius 1 is 1.26 bits per heavy atom. The summed E-state index contributed by atoms with van der Waals surface area (Å²) in [6.45, 7) is 0.475. The molecule has 16 nitrogen and oxygen atoms in total. The summed E-state index contributed by atoms with van der Waals surface area (Å²) in [4.78, 5) is 62.5. The number of carbonyl (C=O) groups is 4. The van der Waals surface area contributed by atoms with Crippen LogP contribution in [0.4, 0.5) is 5.13 Å². The van der Waals surface area contributed by atoms with Crippen molar-refractivity contribution >= 4 is 79.8 Å². The first-order valence-corrected chi connectivity index (χ1v) is 17.1. The molecule has 5 heterocycles. The summed E-state index contributed by atoms with van der Waals surface area (Å²) in [5, 5.41) is 59.4. The fourth-order valence-electron chi connectivity index (χ4n) is 5.43. The fraction of sp³-hybridized carbons (Fsp3) is 0.161. The van der Waals surface area contributed by atoms with Crippen LogP contribution in [-0.2, 0) is 36.2 Å². The zero-order valence-electron chi connectivity index (χ0n) is 25.3. The number of fused-ring (bicyclic) bond motifs is 2. The summed E-state index contributed by atoms with van der Waals surface area (Å²) in [5.41, 5.74) is 2.11. The summed E-state index contributed by atoms with van der Waals surface area (Å²) in [6, 6.07) is 8.20. The maximum atomic E-state index is 13.1. The van der Waals surface area contributed by atoms with Gasteiger partial charge in [-0.2, -0.15) is 9.83 Å². The van der Waals surface area contributed by atoms with Crippen molar-refractivity contribution in [3.8, 4) is 17.6 Å². The molecule has 19 heteroatoms. The lowest BCUT2D eigenvalue weighted by Crippen LogP contribution is -2.70. The highest BCUT2D eigenvalue weighted by molar-refractivity contribution is 8.00. The van der Waals surface area contributed by atoms with Crippen LogP contribution in [0.15, 0.2) is 75.9 Å². The number of nitriles is 1. The van der Waals surface area contributed by atoms with Gasteiger partial charge in [0.2, 0.25) is 0 Å². The number of amides is 2. The number of β-lactam (4-membered cyclic amide) rings is 1. The third-order valence-electron chi connectivity index (χ3n) is 7.76. The number of thiazole rings is 1. The van der Waals surface area contributed by atoms with Crippen LogP contribution in [0, 0.1) is 11.3 Å². The lowest BCUT2D eigenvalue weighted by Gasteiger charge is -2.49. The topological polar surface area (TPSA) is 253 Å². The Labute approximate surface area is 293 Å². The number of aliphatic carboxylic acids is 2. The molecule has 254 valence electrons. The van der Waals surface area contributed by atoms with E-state index in [0.29, 0.717) is 18.3 Å². The Kier molecular flexibility index (Phi) is 9.16. The number of thioether (sulfide) groups is 1. The molecule has 0 spiro atoms. The number of oxime groups is 1. The van der Waals surface area contributed by atoms with E-state index >= 15 is 0 Å². The molecule has 3 atom stereocenters. The zero-order valence-corrected chi connectivity index (χ0v) is 27.7. The van der Waals surface area contributed by atoms with Crippen molar-refractivity contribution < 1.29 is 49.0 Å². The molecule has 3 aromatic heterocycles. The number of nitrogens with zero attached hydrogens (tertiary/aromatic N) is 5. The van der Waals surface area contributed by atoms with Crippen LogP contribution in [0.1, 0.15) is 16.8 Å². The molecule has 3 unspecified atom stereocenters. The summed E-state index contributed by atoms with van der Waals surface area (Å²) < 4.78 is 2.02. The molecule has 50 heavy (non-hydrogen) atoms. The largest absolute Gasteiger partial charge is 0.504 e. The van der Waals surface area contributed by atoms with Gasteiger partial charge >= 0.3 is 17.5 Å². The monoisotopic (exact) mass is 734 g/mol. The molecule has 0 aliphatic carbocycles. The smallest absolute Gasteiger partial charge is 0.362 e. The molecule has 1 aromatic carbocycles. The number of phenolic OH excluding ortho intramolecular Hbond substituents is 2. The number of nitrogens with one attached hydrogen (secondary N) is 1. The second-order valence-electron chi connectivity index (χ2n) is 10.7. The van der Waals surface area contributed by atoms with Gasteiger partial charge in [-0.3, -0.25) is 14.5 Å². The van der Waals surface area contributed by atoms with Crippen molar-refractivity contribution in [2.75, 3.05) is 11.5 Å². The van der Waals surface area contributed by atoms with Gasteiger partial charge in [0.05, 0.1) is 10.9 Å². The van der Waals surface area contributed by atoms with E-state index in [1.54, 1.807) is 23.5 Å². The molecule has 2 aliphatic heterocycles. The minimum atomic E-state index is -2.65. The van der Waals surface area contributed by atoms with Crippen molar-refractivity contribution in [2.24, 2.45) is 5.16 Å². The van der Waals surface area contributed by atoms with Gasteiger partial charge in [0.1, 0.15) is 35.1 Å². The number of pyridine rings is 1. The maximum Gasteiger partial charge on any atom is 0.362 e. The quantitative estimate of drug-likeness (QED) is 0.0424. The second kappa shape index (κ2) is 13.5. The van der Waals surface area contributed by atoms with Gasteiger partial charge in [-0.15, -0.1) is 23.1 Å². The third-order valence-corrected chi connectivity index (χ3v) is 10.7. The highest BCUT2D eigenvalue weighted by Gasteiger charge is 2.54. The Morgan fingerprint density at radius 3 is 2.76 bits per heavy atom. The van der Waals surface area contributed by atoms with Crippen molar-refractivity contribution in [1.82, 2.24) is 15.2 Å². The van der Waals surface area contributed by atoms with Gasteiger partial charge in [-0.05, 0) is 41.3 Å². The number of aromatic hydroxyl groups is 2. The van der Waals surface area contributed by atoms with E-state index in [0.717, 1.165) is 38.6 Å². The van der Waals surface area contributed by atoms with E-state index in [4.69, 9.17) is 10.6 Å². The normalized spacial score (nSPS) is 18.5. The van der Waals surface area contributed by atoms with E-state index in [1.807, 2.05) is 40.4 Å². The van der Waals surface area contributed by atoms with E-state index in [-0.39, 0.29) is 27.8 Å². The van der Waals surface area contributed by atoms with Gasteiger partial charge in [-0.1, -0.05) is 22.6 Å². The minimum absolute atomic E-state index is 0.0548. The van der Waals surface area contributed by atoms with Crippen LogP contribution in [-0.4, -0.2) is 77.4 Å². The molecule has 1 saturated heterocycles. The van der Waals surface area contributed by atoms with E-state index in [2.05, 4.69) is 15.5 Å². The van der Waals surface area contributed by atoms with Crippen molar-refractivity contribution in [3.63, 3.8) is 0 Å². The number of nitrogens with two attached hydrogens (primary N) is 1. The maximum absolute atomic E-state index is 13.1. The van der Waals surface area contributed by atoms with Crippen molar-refractivity contribution in [2.45, 2.75) is 23.6 Å². The number of benzene rings is 1. The molecular weight excluding hydrogens is 711 g/mol. The van der Waals surface area contributed by atoms with Gasteiger partial charge in [0.25, 0.3) is 16.6 Å². The number of nitrogen functional groups attached to an aromatic ring is 1. The highest BCUT2D eigenvalue weighted by atomic mass is 32.2. The number of carboxylic acids is 2. The number of hydrogen-bond acceptors (Lipinski definition) is 14. The predicted octanol–water partition coefficient (Wildman–Crippen LogP) is 1.84. The molecule has 2 amide bonds. The van der Waals surface area contributed by atoms with Crippen LogP contribution >= 0.6 is 34.4 Å². The number of anilines is 1. The average molecular weight is 735 g/mol. The van der Waals surface area contributed by atoms with Gasteiger partial charge in [0.15, 0.2) is 29.4 Å². The number of allylic oxidation sites excluding steroid dienone is 2. The SMILES string of the molecule is N#Cc1cc(C(ON=CC(=O)NC2C(=O)N3C(C(=O)O)=C(C=CC[n+]4cccc5ccsc54)CSC23)(C(=O)O)c2csc(N)n2)cc(O)c1O. The lowest BCUT2D eigenvalue weighted by molar-refractivity contribution is -0.658. The highest BCUT2D eigenvalue weighted by Crippen LogP contribution is 2.42. The molecule has 0 saturated carbocycles. The lowest BCUT2D eigenvalue weighted by atomic mass is 9.89. The van der Waals surface area contributed by atoms with E-state index in [9.17, 15) is 44.9 Å². The van der Waals surface area contributed by atoms with Crippen LogP contribution in [0.5, 0.6) is 11.5 Å². The average Bonchev–Trinajstić information content (AvgIpc) is 3.76. The van der Waals surface area contributed by atoms with Crippen molar-refractivity contribution in [3.05, 3.63) is 87.5 Å². The number of aromatic nitrogens is 2. The number of hydrogen-bond donors (Lipinski definition) is 6. The van der Waals surface area contributed by atoms with Crippen molar-refractivity contribution in [1.29, 1.82) is 5.26 Å².